The van der Waals surface area contributed by atoms with Crippen LogP contribution in [-0.4, -0.2) is 44.9 Å². The number of unbranched alkanes of at least 4 members (excludes halogenated alkanes) is 2. The van der Waals surface area contributed by atoms with Crippen molar-refractivity contribution in [3.63, 3.8) is 0 Å². The fraction of sp³-hybridized carbons (Fsp3) is 0.536. The number of H-pyrrole nitrogens is 1. The molecule has 0 unspecified atom stereocenters. The van der Waals surface area contributed by atoms with Crippen molar-refractivity contribution in [2.24, 2.45) is 0 Å². The lowest BCUT2D eigenvalue weighted by Gasteiger charge is -2.12. The largest absolute Gasteiger partial charge is 0.508 e. The molecule has 2 heterocycles. The van der Waals surface area contributed by atoms with E-state index in [0.29, 0.717) is 42.7 Å². The fourth-order valence-corrected chi connectivity index (χ4v) is 5.65. The van der Waals surface area contributed by atoms with Crippen LogP contribution in [0.5, 0.6) is 5.75 Å². The molecular formula is C28H38N2O4S. The summed E-state index contributed by atoms with van der Waals surface area (Å²) in [6, 6.07) is 3.82. The number of imide groups is 1. The molecule has 1 aliphatic rings. The molecule has 190 valence electrons. The molecule has 1 aromatic heterocycles. The maximum atomic E-state index is 12.2. The molecule has 2 amide bonds. The zero-order chi connectivity index (χ0) is 25.5. The van der Waals surface area contributed by atoms with Gasteiger partial charge in [-0.3, -0.25) is 19.3 Å². The van der Waals surface area contributed by atoms with Gasteiger partial charge in [-0.25, -0.2) is 0 Å². The Kier molecular flexibility index (Phi) is 9.61. The third-order valence-corrected chi connectivity index (χ3v) is 7.58. The molecule has 7 heteroatoms. The van der Waals surface area contributed by atoms with Gasteiger partial charge in [0.05, 0.1) is 5.52 Å². The number of aromatic nitrogens is 1. The van der Waals surface area contributed by atoms with Gasteiger partial charge in [-0.15, -0.1) is 0 Å². The highest BCUT2D eigenvalue weighted by Gasteiger charge is 2.22. The van der Waals surface area contributed by atoms with Crippen LogP contribution in [-0.2, 0) is 20.1 Å². The Morgan fingerprint density at radius 2 is 1.66 bits per heavy atom. The summed E-state index contributed by atoms with van der Waals surface area (Å²) in [7, 11) is 0. The number of benzene rings is 1. The number of amides is 2. The first kappa shape index (κ1) is 27.1. The van der Waals surface area contributed by atoms with Gasteiger partial charge in [0.1, 0.15) is 11.5 Å². The van der Waals surface area contributed by atoms with E-state index < -0.39 is 0 Å². The summed E-state index contributed by atoms with van der Waals surface area (Å²) >= 11 is 1.75. The second kappa shape index (κ2) is 12.4. The lowest BCUT2D eigenvalue weighted by molar-refractivity contribution is -0.136. The Morgan fingerprint density at radius 3 is 2.31 bits per heavy atom. The number of thioether (sulfide) groups is 1. The minimum atomic E-state index is -0.245. The molecule has 0 fully saturated rings. The molecule has 6 nitrogen and oxygen atoms in total. The van der Waals surface area contributed by atoms with Gasteiger partial charge < -0.3 is 10.1 Å². The van der Waals surface area contributed by atoms with Crippen molar-refractivity contribution >= 4 is 40.3 Å². The highest BCUT2D eigenvalue weighted by molar-refractivity contribution is 7.98. The van der Waals surface area contributed by atoms with E-state index >= 15 is 0 Å². The van der Waals surface area contributed by atoms with Gasteiger partial charge in [0.25, 0.3) is 11.8 Å². The SMILES string of the molecule is CC(C)c1[nH]c2c(CSCCCC(=O)CCCCCN3C(=O)C=CC3=O)c(O)ccc2c1C(C)C. The van der Waals surface area contributed by atoms with Gasteiger partial charge in [0.2, 0.25) is 0 Å². The topological polar surface area (TPSA) is 90.5 Å². The lowest BCUT2D eigenvalue weighted by atomic mass is 9.94. The van der Waals surface area contributed by atoms with Crippen LogP contribution in [0.4, 0.5) is 0 Å². The average molecular weight is 499 g/mol. The summed E-state index contributed by atoms with van der Waals surface area (Å²) in [4.78, 5) is 40.1. The lowest BCUT2D eigenvalue weighted by Crippen LogP contribution is -2.30. The minimum absolute atomic E-state index is 0.245. The zero-order valence-corrected chi connectivity index (χ0v) is 22.2. The maximum absolute atomic E-state index is 12.2. The van der Waals surface area contributed by atoms with Crippen LogP contribution in [0.15, 0.2) is 24.3 Å². The van der Waals surface area contributed by atoms with Gasteiger partial charge in [0, 0.05) is 53.9 Å². The average Bonchev–Trinajstić information content (AvgIpc) is 3.35. The molecule has 0 spiro atoms. The summed E-state index contributed by atoms with van der Waals surface area (Å²) in [5.74, 6) is 2.45. The summed E-state index contributed by atoms with van der Waals surface area (Å²) < 4.78 is 0. The van der Waals surface area contributed by atoms with Gasteiger partial charge in [-0.2, -0.15) is 11.8 Å². The Bertz CT molecular complexity index is 1080. The monoisotopic (exact) mass is 498 g/mol. The van der Waals surface area contributed by atoms with Crippen LogP contribution in [0.3, 0.4) is 0 Å². The number of aromatic hydroxyl groups is 1. The number of carbonyl (C=O) groups is 3. The number of hydrogen-bond acceptors (Lipinski definition) is 5. The van der Waals surface area contributed by atoms with Gasteiger partial charge in [0.15, 0.2) is 0 Å². The summed E-state index contributed by atoms with van der Waals surface area (Å²) in [5.41, 5.74) is 4.56. The molecule has 2 N–H and O–H groups in total. The summed E-state index contributed by atoms with van der Waals surface area (Å²) in [6.07, 6.45) is 6.87. The normalized spacial score (nSPS) is 13.8. The number of nitrogens with one attached hydrogen (secondary N) is 1. The number of carbonyl (C=O) groups excluding carboxylic acids is 3. The molecule has 2 aromatic rings. The van der Waals surface area contributed by atoms with E-state index in [1.54, 1.807) is 17.8 Å². The number of phenolic OH excluding ortho intramolecular Hbond substituents is 1. The smallest absolute Gasteiger partial charge is 0.253 e. The van der Waals surface area contributed by atoms with Crippen LogP contribution in [0.1, 0.15) is 94.9 Å². The number of hydrogen-bond donors (Lipinski definition) is 2. The molecule has 0 saturated carbocycles. The van der Waals surface area contributed by atoms with Gasteiger partial charge >= 0.3 is 0 Å². The van der Waals surface area contributed by atoms with Crippen LogP contribution in [0.25, 0.3) is 10.9 Å². The molecule has 0 atom stereocenters. The number of nitrogens with zero attached hydrogens (tertiary/aromatic N) is 1. The van der Waals surface area contributed by atoms with Crippen molar-refractivity contribution in [1.82, 2.24) is 9.88 Å². The number of Topliss-reactive ketones (excluding diaryl/α,β-unsaturated/α-hetero) is 1. The molecule has 0 radical (unpaired) electrons. The van der Waals surface area contributed by atoms with E-state index in [1.165, 1.54) is 33.7 Å². The quantitative estimate of drug-likeness (QED) is 0.239. The van der Waals surface area contributed by atoms with Crippen molar-refractivity contribution in [2.75, 3.05) is 12.3 Å². The highest BCUT2D eigenvalue weighted by atomic mass is 32.2. The van der Waals surface area contributed by atoms with E-state index in [9.17, 15) is 19.5 Å². The molecule has 0 bridgehead atoms. The van der Waals surface area contributed by atoms with E-state index in [2.05, 4.69) is 32.7 Å². The number of fused-ring (bicyclic) bond motifs is 1. The zero-order valence-electron chi connectivity index (χ0n) is 21.4. The first-order chi connectivity index (χ1) is 16.7. The van der Waals surface area contributed by atoms with Crippen molar-refractivity contribution in [2.45, 2.75) is 83.8 Å². The molecule has 3 rings (SSSR count). The molecular weight excluding hydrogens is 460 g/mol. The first-order valence-electron chi connectivity index (χ1n) is 12.7. The van der Waals surface area contributed by atoms with Crippen molar-refractivity contribution < 1.29 is 19.5 Å². The van der Waals surface area contributed by atoms with E-state index in [4.69, 9.17) is 0 Å². The van der Waals surface area contributed by atoms with Crippen LogP contribution in [0.2, 0.25) is 0 Å². The molecule has 35 heavy (non-hydrogen) atoms. The molecule has 1 aliphatic heterocycles. The van der Waals surface area contributed by atoms with Crippen LogP contribution < -0.4 is 0 Å². The van der Waals surface area contributed by atoms with Crippen molar-refractivity contribution in [3.8, 4) is 5.75 Å². The molecule has 0 aliphatic carbocycles. The first-order valence-corrected chi connectivity index (χ1v) is 13.9. The maximum Gasteiger partial charge on any atom is 0.253 e. The minimum Gasteiger partial charge on any atom is -0.508 e. The molecule has 0 saturated heterocycles. The van der Waals surface area contributed by atoms with E-state index in [0.717, 1.165) is 42.5 Å². The van der Waals surface area contributed by atoms with Crippen molar-refractivity contribution in [1.29, 1.82) is 0 Å². The predicted molar refractivity (Wildman–Crippen MR) is 143 cm³/mol. The third-order valence-electron chi connectivity index (χ3n) is 6.51. The Balaban J connectivity index is 1.40. The third kappa shape index (κ3) is 6.78. The Morgan fingerprint density at radius 1 is 0.971 bits per heavy atom. The standard InChI is InChI=1S/C28H38N2O4S/c1-18(2)26-21-11-12-23(32)22(28(21)29-27(26)19(3)4)17-35-16-8-10-20(31)9-6-5-7-15-30-24(33)13-14-25(30)34/h11-14,18-19,29,32H,5-10,15-17H2,1-4H3. The Labute approximate surface area is 212 Å². The van der Waals surface area contributed by atoms with Gasteiger partial charge in [-0.05, 0) is 54.5 Å². The number of rotatable bonds is 14. The predicted octanol–water partition coefficient (Wildman–Crippen LogP) is 6.19. The number of aromatic amines is 1. The van der Waals surface area contributed by atoms with E-state index in [1.807, 2.05) is 6.07 Å². The number of phenols is 1. The Hall–Kier alpha value is -2.54. The second-order valence-corrected chi connectivity index (χ2v) is 11.0. The number of ketones is 1. The van der Waals surface area contributed by atoms with Crippen molar-refractivity contribution in [3.05, 3.63) is 41.1 Å². The van der Waals surface area contributed by atoms with Gasteiger partial charge in [-0.1, -0.05) is 34.1 Å². The van der Waals surface area contributed by atoms with Crippen LogP contribution in [0, 0.1) is 0 Å². The summed E-state index contributed by atoms with van der Waals surface area (Å²) in [5, 5.41) is 11.7. The molecule has 1 aromatic carbocycles. The summed E-state index contributed by atoms with van der Waals surface area (Å²) in [6.45, 7) is 9.22. The highest BCUT2D eigenvalue weighted by Crippen LogP contribution is 2.38. The van der Waals surface area contributed by atoms with Crippen LogP contribution >= 0.6 is 11.8 Å². The van der Waals surface area contributed by atoms with E-state index in [-0.39, 0.29) is 17.6 Å². The fourth-order valence-electron chi connectivity index (χ4n) is 4.67. The second-order valence-electron chi connectivity index (χ2n) is 9.91.